The molecular formula is C11H9BrN2S. The van der Waals surface area contributed by atoms with Crippen LogP contribution in [0.3, 0.4) is 0 Å². The van der Waals surface area contributed by atoms with Gasteiger partial charge in [0.2, 0.25) is 0 Å². The smallest absolute Gasteiger partial charge is 0.186 e. The van der Waals surface area contributed by atoms with Gasteiger partial charge >= 0.3 is 0 Å². The first-order valence-electron chi connectivity index (χ1n) is 4.76. The molecule has 0 spiro atoms. The zero-order chi connectivity index (χ0) is 10.3. The van der Waals surface area contributed by atoms with E-state index in [0.29, 0.717) is 0 Å². The molecule has 1 aromatic heterocycles. The standard InChI is InChI=1S/C11H9BrN2S/c12-10-7-15-11(13-10)14-5-8-3-1-2-4-9(8)6-14/h1-4,7H,5-6H2. The number of thiazole rings is 1. The van der Waals surface area contributed by atoms with Crippen LogP contribution in [0, 0.1) is 0 Å². The van der Waals surface area contributed by atoms with Gasteiger partial charge in [-0.25, -0.2) is 4.98 Å². The minimum atomic E-state index is 0.929. The summed E-state index contributed by atoms with van der Waals surface area (Å²) in [6.07, 6.45) is 0. The molecule has 15 heavy (non-hydrogen) atoms. The van der Waals surface area contributed by atoms with E-state index in [9.17, 15) is 0 Å². The van der Waals surface area contributed by atoms with Crippen molar-refractivity contribution >= 4 is 32.4 Å². The Morgan fingerprint density at radius 2 is 1.87 bits per heavy atom. The van der Waals surface area contributed by atoms with E-state index in [2.05, 4.69) is 50.1 Å². The SMILES string of the molecule is Brc1csc(N2Cc3ccccc3C2)n1. The fourth-order valence-electron chi connectivity index (χ4n) is 1.86. The molecule has 2 nitrogen and oxygen atoms in total. The molecule has 76 valence electrons. The number of halogens is 1. The first-order chi connectivity index (χ1) is 7.33. The van der Waals surface area contributed by atoms with E-state index in [1.165, 1.54) is 11.1 Å². The molecule has 0 amide bonds. The zero-order valence-electron chi connectivity index (χ0n) is 7.98. The molecule has 0 saturated carbocycles. The molecule has 0 bridgehead atoms. The predicted molar refractivity (Wildman–Crippen MR) is 66.1 cm³/mol. The number of benzene rings is 1. The number of aromatic nitrogens is 1. The van der Waals surface area contributed by atoms with Gasteiger partial charge in [-0.15, -0.1) is 11.3 Å². The fourth-order valence-corrected chi connectivity index (χ4v) is 3.11. The van der Waals surface area contributed by atoms with Gasteiger partial charge in [0.1, 0.15) is 4.60 Å². The van der Waals surface area contributed by atoms with E-state index >= 15 is 0 Å². The van der Waals surface area contributed by atoms with E-state index in [1.54, 1.807) is 11.3 Å². The quantitative estimate of drug-likeness (QED) is 0.796. The first kappa shape index (κ1) is 9.36. The summed E-state index contributed by atoms with van der Waals surface area (Å²) in [7, 11) is 0. The van der Waals surface area contributed by atoms with E-state index in [-0.39, 0.29) is 0 Å². The van der Waals surface area contributed by atoms with Crippen molar-refractivity contribution in [1.29, 1.82) is 0 Å². The van der Waals surface area contributed by atoms with Gasteiger partial charge in [0.15, 0.2) is 5.13 Å². The van der Waals surface area contributed by atoms with Crippen molar-refractivity contribution in [3.05, 3.63) is 45.4 Å². The summed E-state index contributed by atoms with van der Waals surface area (Å²) in [6, 6.07) is 8.58. The highest BCUT2D eigenvalue weighted by atomic mass is 79.9. The average Bonchev–Trinajstić information content (AvgIpc) is 2.82. The first-order valence-corrected chi connectivity index (χ1v) is 6.43. The van der Waals surface area contributed by atoms with Gasteiger partial charge in [0.05, 0.1) is 0 Å². The molecule has 0 aliphatic carbocycles. The van der Waals surface area contributed by atoms with Crippen molar-refractivity contribution < 1.29 is 0 Å². The monoisotopic (exact) mass is 280 g/mol. The third kappa shape index (κ3) is 1.68. The maximum atomic E-state index is 4.44. The summed E-state index contributed by atoms with van der Waals surface area (Å²) in [5, 5.41) is 3.12. The summed E-state index contributed by atoms with van der Waals surface area (Å²) >= 11 is 5.07. The summed E-state index contributed by atoms with van der Waals surface area (Å²) in [4.78, 5) is 6.74. The van der Waals surface area contributed by atoms with Crippen LogP contribution in [0.2, 0.25) is 0 Å². The summed E-state index contributed by atoms with van der Waals surface area (Å²) in [6.45, 7) is 1.96. The molecule has 1 aromatic carbocycles. The van der Waals surface area contributed by atoms with Gasteiger partial charge in [-0.2, -0.15) is 0 Å². The highest BCUT2D eigenvalue weighted by Gasteiger charge is 2.20. The van der Waals surface area contributed by atoms with Crippen LogP contribution >= 0.6 is 27.3 Å². The second-order valence-electron chi connectivity index (χ2n) is 3.58. The van der Waals surface area contributed by atoms with Crippen LogP contribution in [-0.4, -0.2) is 4.98 Å². The Balaban J connectivity index is 1.90. The Hall–Kier alpha value is -0.870. The van der Waals surface area contributed by atoms with Crippen molar-refractivity contribution in [2.45, 2.75) is 13.1 Å². The topological polar surface area (TPSA) is 16.1 Å². The van der Waals surface area contributed by atoms with E-state index < -0.39 is 0 Å². The molecule has 3 rings (SSSR count). The lowest BCUT2D eigenvalue weighted by Crippen LogP contribution is -2.13. The molecule has 0 N–H and O–H groups in total. The van der Waals surface area contributed by atoms with Crippen LogP contribution in [-0.2, 0) is 13.1 Å². The molecule has 2 heterocycles. The van der Waals surface area contributed by atoms with Crippen molar-refractivity contribution in [3.63, 3.8) is 0 Å². The third-order valence-corrected chi connectivity index (χ3v) is 4.19. The van der Waals surface area contributed by atoms with Gasteiger partial charge < -0.3 is 4.90 Å². The number of fused-ring (bicyclic) bond motifs is 1. The van der Waals surface area contributed by atoms with Crippen molar-refractivity contribution in [1.82, 2.24) is 4.98 Å². The second kappa shape index (κ2) is 3.61. The van der Waals surface area contributed by atoms with Crippen LogP contribution in [0.4, 0.5) is 5.13 Å². The van der Waals surface area contributed by atoms with Crippen molar-refractivity contribution in [3.8, 4) is 0 Å². The molecule has 0 unspecified atom stereocenters. The number of nitrogens with zero attached hydrogens (tertiary/aromatic N) is 2. The van der Waals surface area contributed by atoms with E-state index in [0.717, 1.165) is 22.8 Å². The number of anilines is 1. The Morgan fingerprint density at radius 3 is 2.40 bits per heavy atom. The number of rotatable bonds is 1. The fraction of sp³-hybridized carbons (Fsp3) is 0.182. The third-order valence-electron chi connectivity index (χ3n) is 2.58. The normalized spacial score (nSPS) is 14.3. The highest BCUT2D eigenvalue weighted by Crippen LogP contribution is 2.31. The lowest BCUT2D eigenvalue weighted by atomic mass is 10.1. The summed E-state index contributed by atoms with van der Waals surface area (Å²) in [5.41, 5.74) is 2.84. The minimum absolute atomic E-state index is 0.929. The van der Waals surface area contributed by atoms with Gasteiger partial charge in [-0.3, -0.25) is 0 Å². The lowest BCUT2D eigenvalue weighted by Gasteiger charge is -2.12. The van der Waals surface area contributed by atoms with Crippen LogP contribution in [0.5, 0.6) is 0 Å². The van der Waals surface area contributed by atoms with Gasteiger partial charge in [-0.1, -0.05) is 24.3 Å². The molecule has 0 atom stereocenters. The lowest BCUT2D eigenvalue weighted by molar-refractivity contribution is 0.871. The Kier molecular flexibility index (Phi) is 2.25. The van der Waals surface area contributed by atoms with E-state index in [1.807, 2.05) is 5.38 Å². The molecule has 0 radical (unpaired) electrons. The molecule has 2 aromatic rings. The molecule has 4 heteroatoms. The molecule has 1 aliphatic heterocycles. The predicted octanol–water partition coefficient (Wildman–Crippen LogP) is 3.43. The number of hydrogen-bond donors (Lipinski definition) is 0. The summed E-state index contributed by atoms with van der Waals surface area (Å²) < 4.78 is 0.929. The van der Waals surface area contributed by atoms with Crippen LogP contribution in [0.25, 0.3) is 0 Å². The second-order valence-corrected chi connectivity index (χ2v) is 5.23. The van der Waals surface area contributed by atoms with Crippen LogP contribution in [0.1, 0.15) is 11.1 Å². The molecular weight excluding hydrogens is 272 g/mol. The molecule has 0 fully saturated rings. The Morgan fingerprint density at radius 1 is 1.20 bits per heavy atom. The van der Waals surface area contributed by atoms with Crippen LogP contribution in [0.15, 0.2) is 34.2 Å². The maximum absolute atomic E-state index is 4.44. The molecule has 1 aliphatic rings. The molecule has 0 saturated heterocycles. The van der Waals surface area contributed by atoms with Crippen LogP contribution < -0.4 is 4.90 Å². The minimum Gasteiger partial charge on any atom is -0.339 e. The Labute approximate surface area is 101 Å². The largest absolute Gasteiger partial charge is 0.339 e. The van der Waals surface area contributed by atoms with Crippen molar-refractivity contribution in [2.24, 2.45) is 0 Å². The zero-order valence-corrected chi connectivity index (χ0v) is 10.4. The van der Waals surface area contributed by atoms with Crippen molar-refractivity contribution in [2.75, 3.05) is 4.90 Å². The maximum Gasteiger partial charge on any atom is 0.186 e. The number of hydrogen-bond acceptors (Lipinski definition) is 3. The Bertz CT molecular complexity index is 470. The average molecular weight is 281 g/mol. The highest BCUT2D eigenvalue weighted by molar-refractivity contribution is 9.10. The van der Waals surface area contributed by atoms with Gasteiger partial charge in [0.25, 0.3) is 0 Å². The van der Waals surface area contributed by atoms with E-state index in [4.69, 9.17) is 0 Å². The van der Waals surface area contributed by atoms with Gasteiger partial charge in [-0.05, 0) is 27.1 Å². The summed E-state index contributed by atoms with van der Waals surface area (Å²) in [5.74, 6) is 0. The van der Waals surface area contributed by atoms with Gasteiger partial charge in [0, 0.05) is 18.5 Å².